The Kier molecular flexibility index (Phi) is 4.30. The Morgan fingerprint density at radius 2 is 1.55 bits per heavy atom. The van der Waals surface area contributed by atoms with Crippen LogP contribution >= 0.6 is 0 Å². The highest BCUT2D eigenvalue weighted by molar-refractivity contribution is 5.45. The molecule has 0 aliphatic carbocycles. The summed E-state index contributed by atoms with van der Waals surface area (Å²) in [5.41, 5.74) is 3.77. The fourth-order valence-corrected chi connectivity index (χ4v) is 2.29. The summed E-state index contributed by atoms with van der Waals surface area (Å²) in [6, 6.07) is 11.4. The van der Waals surface area contributed by atoms with Gasteiger partial charge in [-0.15, -0.1) is 0 Å². The molecule has 3 heteroatoms. The van der Waals surface area contributed by atoms with Gasteiger partial charge in [-0.2, -0.15) is 0 Å². The summed E-state index contributed by atoms with van der Waals surface area (Å²) in [5, 5.41) is 10.5. The van der Waals surface area contributed by atoms with Crippen LogP contribution in [0.5, 0.6) is 11.5 Å². The van der Waals surface area contributed by atoms with Crippen molar-refractivity contribution in [1.82, 2.24) is 0 Å². The topological polar surface area (TPSA) is 38.7 Å². The lowest BCUT2D eigenvalue weighted by Crippen LogP contribution is -2.03. The second kappa shape index (κ2) is 5.97. The van der Waals surface area contributed by atoms with E-state index in [0.717, 1.165) is 33.8 Å². The van der Waals surface area contributed by atoms with E-state index in [9.17, 15) is 5.11 Å². The van der Waals surface area contributed by atoms with Crippen molar-refractivity contribution in [1.29, 1.82) is 0 Å². The molecule has 2 aromatic rings. The molecule has 0 spiro atoms. The molecule has 0 aliphatic rings. The largest absolute Gasteiger partial charge is 0.497 e. The predicted molar refractivity (Wildman–Crippen MR) is 79.5 cm³/mol. The van der Waals surface area contributed by atoms with Gasteiger partial charge < -0.3 is 14.6 Å². The molecule has 20 heavy (non-hydrogen) atoms. The third-order valence-electron chi connectivity index (χ3n) is 3.51. The predicted octanol–water partition coefficient (Wildman–Crippen LogP) is 3.40. The van der Waals surface area contributed by atoms with Crippen LogP contribution in [0.1, 0.15) is 28.4 Å². The molecule has 2 rings (SSSR count). The zero-order chi connectivity index (χ0) is 14.7. The first-order chi connectivity index (χ1) is 9.56. The number of benzene rings is 2. The molecule has 0 saturated heterocycles. The first-order valence-electron chi connectivity index (χ1n) is 6.54. The third-order valence-corrected chi connectivity index (χ3v) is 3.51. The van der Waals surface area contributed by atoms with Crippen LogP contribution in [-0.2, 0) is 0 Å². The van der Waals surface area contributed by atoms with Gasteiger partial charge in [0.1, 0.15) is 17.6 Å². The van der Waals surface area contributed by atoms with Gasteiger partial charge >= 0.3 is 0 Å². The van der Waals surface area contributed by atoms with Gasteiger partial charge in [-0.3, -0.25) is 0 Å². The van der Waals surface area contributed by atoms with E-state index in [1.807, 2.05) is 50.2 Å². The van der Waals surface area contributed by atoms with E-state index >= 15 is 0 Å². The maximum Gasteiger partial charge on any atom is 0.122 e. The van der Waals surface area contributed by atoms with Crippen molar-refractivity contribution in [3.8, 4) is 11.5 Å². The summed E-state index contributed by atoms with van der Waals surface area (Å²) in [5.74, 6) is 1.62. The second-order valence-electron chi connectivity index (χ2n) is 4.85. The SMILES string of the molecule is COc1ccc(C(O)c2cc(C)c(OC)cc2C)cc1. The first kappa shape index (κ1) is 14.4. The third kappa shape index (κ3) is 2.78. The van der Waals surface area contributed by atoms with Crippen molar-refractivity contribution >= 4 is 0 Å². The number of aryl methyl sites for hydroxylation is 2. The maximum atomic E-state index is 10.5. The van der Waals surface area contributed by atoms with E-state index in [0.29, 0.717) is 0 Å². The summed E-state index contributed by atoms with van der Waals surface area (Å²) in [7, 11) is 3.28. The summed E-state index contributed by atoms with van der Waals surface area (Å²) in [6.45, 7) is 3.95. The summed E-state index contributed by atoms with van der Waals surface area (Å²) in [4.78, 5) is 0. The van der Waals surface area contributed by atoms with Crippen LogP contribution in [0.2, 0.25) is 0 Å². The molecule has 1 atom stereocenters. The Labute approximate surface area is 119 Å². The molecule has 106 valence electrons. The molecule has 1 N–H and O–H groups in total. The molecule has 0 heterocycles. The van der Waals surface area contributed by atoms with Crippen molar-refractivity contribution in [2.24, 2.45) is 0 Å². The van der Waals surface area contributed by atoms with Crippen molar-refractivity contribution in [2.45, 2.75) is 20.0 Å². The number of aliphatic hydroxyl groups excluding tert-OH is 1. The molecule has 2 aromatic carbocycles. The molecule has 0 bridgehead atoms. The molecular formula is C17H20O3. The van der Waals surface area contributed by atoms with Gasteiger partial charge in [0, 0.05) is 0 Å². The zero-order valence-electron chi connectivity index (χ0n) is 12.3. The van der Waals surface area contributed by atoms with E-state index in [-0.39, 0.29) is 0 Å². The molecule has 1 unspecified atom stereocenters. The Bertz CT molecular complexity index is 588. The monoisotopic (exact) mass is 272 g/mol. The Morgan fingerprint density at radius 3 is 2.10 bits per heavy atom. The van der Waals surface area contributed by atoms with Gasteiger partial charge in [0.05, 0.1) is 14.2 Å². The number of hydrogen-bond donors (Lipinski definition) is 1. The molecule has 3 nitrogen and oxygen atoms in total. The van der Waals surface area contributed by atoms with Gasteiger partial charge in [-0.25, -0.2) is 0 Å². The Morgan fingerprint density at radius 1 is 0.900 bits per heavy atom. The summed E-state index contributed by atoms with van der Waals surface area (Å²) < 4.78 is 10.4. The molecule has 0 aromatic heterocycles. The van der Waals surface area contributed by atoms with Gasteiger partial charge in [0.15, 0.2) is 0 Å². The molecule has 0 fully saturated rings. The minimum Gasteiger partial charge on any atom is -0.497 e. The number of rotatable bonds is 4. The van der Waals surface area contributed by atoms with E-state index in [2.05, 4.69) is 0 Å². The van der Waals surface area contributed by atoms with E-state index in [1.165, 1.54) is 0 Å². The van der Waals surface area contributed by atoms with E-state index < -0.39 is 6.10 Å². The molecule has 0 aliphatic heterocycles. The average molecular weight is 272 g/mol. The van der Waals surface area contributed by atoms with Crippen LogP contribution < -0.4 is 9.47 Å². The van der Waals surface area contributed by atoms with Crippen LogP contribution in [0.25, 0.3) is 0 Å². The van der Waals surface area contributed by atoms with Crippen LogP contribution in [0, 0.1) is 13.8 Å². The molecule has 0 radical (unpaired) electrons. The lowest BCUT2D eigenvalue weighted by atomic mass is 9.95. The van der Waals surface area contributed by atoms with Crippen molar-refractivity contribution < 1.29 is 14.6 Å². The average Bonchev–Trinajstić information content (AvgIpc) is 2.48. The smallest absolute Gasteiger partial charge is 0.122 e. The quantitative estimate of drug-likeness (QED) is 0.927. The normalized spacial score (nSPS) is 12.1. The number of hydrogen-bond acceptors (Lipinski definition) is 3. The van der Waals surface area contributed by atoms with Gasteiger partial charge in [-0.05, 0) is 60.4 Å². The van der Waals surface area contributed by atoms with Gasteiger partial charge in [-0.1, -0.05) is 12.1 Å². The summed E-state index contributed by atoms with van der Waals surface area (Å²) >= 11 is 0. The highest BCUT2D eigenvalue weighted by Gasteiger charge is 2.15. The van der Waals surface area contributed by atoms with Crippen LogP contribution in [0.4, 0.5) is 0 Å². The molecule has 0 amide bonds. The minimum atomic E-state index is -0.648. The van der Waals surface area contributed by atoms with E-state index in [1.54, 1.807) is 14.2 Å². The second-order valence-corrected chi connectivity index (χ2v) is 4.85. The van der Waals surface area contributed by atoms with Gasteiger partial charge in [0.2, 0.25) is 0 Å². The fraction of sp³-hybridized carbons (Fsp3) is 0.294. The lowest BCUT2D eigenvalue weighted by molar-refractivity contribution is 0.219. The highest BCUT2D eigenvalue weighted by atomic mass is 16.5. The van der Waals surface area contributed by atoms with Crippen molar-refractivity contribution in [3.05, 3.63) is 58.7 Å². The first-order valence-corrected chi connectivity index (χ1v) is 6.54. The Hall–Kier alpha value is -2.00. The van der Waals surface area contributed by atoms with Crippen LogP contribution in [0.3, 0.4) is 0 Å². The van der Waals surface area contributed by atoms with Crippen molar-refractivity contribution in [3.63, 3.8) is 0 Å². The number of aliphatic hydroxyl groups is 1. The number of methoxy groups -OCH3 is 2. The maximum absolute atomic E-state index is 10.5. The minimum absolute atomic E-state index is 0.648. The van der Waals surface area contributed by atoms with Gasteiger partial charge in [0.25, 0.3) is 0 Å². The van der Waals surface area contributed by atoms with Crippen molar-refractivity contribution in [2.75, 3.05) is 14.2 Å². The van der Waals surface area contributed by atoms with E-state index in [4.69, 9.17) is 9.47 Å². The zero-order valence-corrected chi connectivity index (χ0v) is 12.3. The standard InChI is InChI=1S/C17H20O3/c1-11-10-16(20-4)12(2)9-15(11)17(18)13-5-7-14(19-3)8-6-13/h5-10,17-18H,1-4H3. The molecule has 0 saturated carbocycles. The van der Waals surface area contributed by atoms with Crippen LogP contribution in [-0.4, -0.2) is 19.3 Å². The Balaban J connectivity index is 2.36. The van der Waals surface area contributed by atoms with Crippen LogP contribution in [0.15, 0.2) is 36.4 Å². The fourth-order valence-electron chi connectivity index (χ4n) is 2.29. The highest BCUT2D eigenvalue weighted by Crippen LogP contribution is 2.30. The molecular weight excluding hydrogens is 252 g/mol. The lowest BCUT2D eigenvalue weighted by Gasteiger charge is -2.17. The summed E-state index contributed by atoms with van der Waals surface area (Å²) in [6.07, 6.45) is -0.648. The number of ether oxygens (including phenoxy) is 2.